The molecule has 0 rings (SSSR count). The quantitative estimate of drug-likeness (QED) is 0.450. The predicted octanol–water partition coefficient (Wildman–Crippen LogP) is 1.23. The van der Waals surface area contributed by atoms with E-state index in [4.69, 9.17) is 10.2 Å². The van der Waals surface area contributed by atoms with E-state index in [0.717, 1.165) is 11.8 Å². The van der Waals surface area contributed by atoms with Crippen LogP contribution in [-0.4, -0.2) is 46.7 Å². The summed E-state index contributed by atoms with van der Waals surface area (Å²) in [6.07, 6.45) is 5.12. The fraction of sp³-hybridized carbons (Fsp3) is 0.455. The summed E-state index contributed by atoms with van der Waals surface area (Å²) in [7, 11) is 0. The molecule has 0 aliphatic heterocycles. The third-order valence-electron chi connectivity index (χ3n) is 1.59. The summed E-state index contributed by atoms with van der Waals surface area (Å²) in [6.45, 7) is 7.02. The molecule has 0 saturated carbocycles. The highest BCUT2D eigenvalue weighted by Gasteiger charge is 2.14. The highest BCUT2D eigenvalue weighted by atomic mass is 32.2. The van der Waals surface area contributed by atoms with Gasteiger partial charge in [-0.1, -0.05) is 12.7 Å². The van der Waals surface area contributed by atoms with E-state index in [1.54, 1.807) is 17.8 Å². The number of carboxylic acids is 2. The highest BCUT2D eigenvalue weighted by molar-refractivity contribution is 7.98. The highest BCUT2D eigenvalue weighted by Crippen LogP contribution is 2.00. The molecular weight excluding hydrogens is 242 g/mol. The Hall–Kier alpha value is -1.27. The molecule has 1 atom stereocenters. The van der Waals surface area contributed by atoms with Gasteiger partial charge < -0.3 is 15.5 Å². The molecule has 0 radical (unpaired) electrons. The maximum absolute atomic E-state index is 10.6. The largest absolute Gasteiger partial charge is 0.480 e. The Labute approximate surface area is 106 Å². The van der Waals surface area contributed by atoms with Crippen molar-refractivity contribution in [3.05, 3.63) is 25.3 Å². The third kappa shape index (κ3) is 14.7. The molecule has 0 amide bonds. The molecular formula is C11H19NO4S. The fourth-order valence-electron chi connectivity index (χ4n) is 0.774. The summed E-state index contributed by atoms with van der Waals surface area (Å²) in [5, 5.41) is 19.2. The minimum atomic E-state index is -0.981. The lowest BCUT2D eigenvalue weighted by Gasteiger charge is -2.11. The Morgan fingerprint density at radius 1 is 1.41 bits per heavy atom. The Kier molecular flexibility index (Phi) is 13.6. The molecule has 0 aliphatic rings. The van der Waals surface area contributed by atoms with Crippen LogP contribution in [0.25, 0.3) is 0 Å². The first-order valence-corrected chi connectivity index (χ1v) is 6.30. The van der Waals surface area contributed by atoms with Gasteiger partial charge in [-0.05, 0) is 18.4 Å². The van der Waals surface area contributed by atoms with Gasteiger partial charge in [-0.25, -0.2) is 4.79 Å². The summed E-state index contributed by atoms with van der Waals surface area (Å²) in [4.78, 5) is 19.9. The van der Waals surface area contributed by atoms with Crippen LogP contribution < -0.4 is 5.32 Å². The van der Waals surface area contributed by atoms with Gasteiger partial charge in [0.2, 0.25) is 0 Å². The van der Waals surface area contributed by atoms with E-state index in [2.05, 4.69) is 18.5 Å². The summed E-state index contributed by atoms with van der Waals surface area (Å²) in [6, 6.07) is -0.435. The molecule has 0 unspecified atom stereocenters. The lowest BCUT2D eigenvalue weighted by atomic mass is 10.2. The Morgan fingerprint density at radius 3 is 2.24 bits per heavy atom. The van der Waals surface area contributed by atoms with Crippen LogP contribution >= 0.6 is 11.8 Å². The Balaban J connectivity index is 0. The number of aliphatic carboxylic acids is 2. The van der Waals surface area contributed by atoms with Crippen molar-refractivity contribution < 1.29 is 19.8 Å². The Bertz CT molecular complexity index is 256. The molecule has 5 nitrogen and oxygen atoms in total. The third-order valence-corrected chi connectivity index (χ3v) is 2.24. The molecule has 0 aromatic carbocycles. The van der Waals surface area contributed by atoms with Gasteiger partial charge in [-0.2, -0.15) is 11.8 Å². The maximum atomic E-state index is 10.6. The number of nitrogens with one attached hydrogen (secondary N) is 1. The van der Waals surface area contributed by atoms with Gasteiger partial charge in [0, 0.05) is 12.6 Å². The van der Waals surface area contributed by atoms with Crippen molar-refractivity contribution >= 4 is 23.7 Å². The van der Waals surface area contributed by atoms with Gasteiger partial charge >= 0.3 is 11.9 Å². The second kappa shape index (κ2) is 12.8. The van der Waals surface area contributed by atoms with Crippen LogP contribution in [-0.2, 0) is 9.59 Å². The number of thioether (sulfide) groups is 1. The molecule has 0 spiro atoms. The number of hydrogen-bond donors (Lipinski definition) is 3. The number of rotatable bonds is 8. The lowest BCUT2D eigenvalue weighted by Crippen LogP contribution is -2.37. The molecule has 0 aromatic heterocycles. The van der Waals surface area contributed by atoms with Crippen molar-refractivity contribution in [2.24, 2.45) is 0 Å². The SMILES string of the molecule is C=CC(=O)O.C=CCN[C@@H](CCSC)C(=O)O. The molecule has 0 fully saturated rings. The smallest absolute Gasteiger partial charge is 0.327 e. The summed E-state index contributed by atoms with van der Waals surface area (Å²) >= 11 is 1.65. The van der Waals surface area contributed by atoms with Gasteiger partial charge in [0.25, 0.3) is 0 Å². The zero-order valence-electron chi connectivity index (χ0n) is 9.89. The van der Waals surface area contributed by atoms with E-state index in [9.17, 15) is 9.59 Å². The average Bonchev–Trinajstić information content (AvgIpc) is 2.29. The van der Waals surface area contributed by atoms with Crippen molar-refractivity contribution in [3.63, 3.8) is 0 Å². The molecule has 0 saturated heterocycles. The van der Waals surface area contributed by atoms with Crippen molar-refractivity contribution in [2.45, 2.75) is 12.5 Å². The molecule has 0 aromatic rings. The van der Waals surface area contributed by atoms with E-state index < -0.39 is 18.0 Å². The zero-order chi connectivity index (χ0) is 13.7. The first kappa shape index (κ1) is 18.1. The minimum Gasteiger partial charge on any atom is -0.480 e. The van der Waals surface area contributed by atoms with Crippen LogP contribution in [0.15, 0.2) is 25.3 Å². The van der Waals surface area contributed by atoms with Crippen LogP contribution in [0, 0.1) is 0 Å². The van der Waals surface area contributed by atoms with Gasteiger partial charge in [-0.15, -0.1) is 6.58 Å². The van der Waals surface area contributed by atoms with Gasteiger partial charge in [-0.3, -0.25) is 4.79 Å². The summed E-state index contributed by atoms with van der Waals surface area (Å²) in [5.74, 6) is -0.905. The topological polar surface area (TPSA) is 86.6 Å². The van der Waals surface area contributed by atoms with E-state index in [-0.39, 0.29) is 0 Å². The molecule has 0 heterocycles. The molecule has 0 bridgehead atoms. The molecule has 17 heavy (non-hydrogen) atoms. The van der Waals surface area contributed by atoms with E-state index in [0.29, 0.717) is 13.0 Å². The second-order valence-corrected chi connectivity index (χ2v) is 3.90. The van der Waals surface area contributed by atoms with Gasteiger partial charge in [0.15, 0.2) is 0 Å². The van der Waals surface area contributed by atoms with E-state index in [1.807, 2.05) is 6.26 Å². The Morgan fingerprint density at radius 2 is 1.94 bits per heavy atom. The monoisotopic (exact) mass is 261 g/mol. The van der Waals surface area contributed by atoms with Crippen LogP contribution in [0.1, 0.15) is 6.42 Å². The second-order valence-electron chi connectivity index (χ2n) is 2.91. The summed E-state index contributed by atoms with van der Waals surface area (Å²) < 4.78 is 0. The van der Waals surface area contributed by atoms with Gasteiger partial charge in [0.05, 0.1) is 0 Å². The molecule has 3 N–H and O–H groups in total. The first-order valence-electron chi connectivity index (χ1n) is 4.90. The number of hydrogen-bond acceptors (Lipinski definition) is 4. The van der Waals surface area contributed by atoms with Crippen LogP contribution in [0.2, 0.25) is 0 Å². The molecule has 6 heteroatoms. The molecule has 98 valence electrons. The van der Waals surface area contributed by atoms with Crippen LogP contribution in [0.4, 0.5) is 0 Å². The summed E-state index contributed by atoms with van der Waals surface area (Å²) in [5.41, 5.74) is 0. The zero-order valence-corrected chi connectivity index (χ0v) is 10.7. The first-order chi connectivity index (χ1) is 7.99. The minimum absolute atomic E-state index is 0.435. The van der Waals surface area contributed by atoms with Crippen molar-refractivity contribution in [1.29, 1.82) is 0 Å². The number of carbonyl (C=O) groups is 2. The van der Waals surface area contributed by atoms with Crippen LogP contribution in [0.3, 0.4) is 0 Å². The predicted molar refractivity (Wildman–Crippen MR) is 70.5 cm³/mol. The lowest BCUT2D eigenvalue weighted by molar-refractivity contribution is -0.139. The normalized spacial score (nSPS) is 10.6. The standard InChI is InChI=1S/C8H15NO2S.C3H4O2/c1-3-5-9-7(8(10)11)4-6-12-2;1-2-3(4)5/h3,7,9H,1,4-6H2,2H3,(H,10,11);2H,1H2,(H,4,5)/t7-;/m0./s1. The van der Waals surface area contributed by atoms with E-state index >= 15 is 0 Å². The van der Waals surface area contributed by atoms with Crippen molar-refractivity contribution in [2.75, 3.05) is 18.6 Å². The maximum Gasteiger partial charge on any atom is 0.327 e. The average molecular weight is 261 g/mol. The van der Waals surface area contributed by atoms with E-state index in [1.165, 1.54) is 0 Å². The number of carboxylic acid groups (broad SMARTS) is 2. The fourth-order valence-corrected chi connectivity index (χ4v) is 1.25. The molecule has 0 aliphatic carbocycles. The van der Waals surface area contributed by atoms with Crippen LogP contribution in [0.5, 0.6) is 0 Å². The van der Waals surface area contributed by atoms with Crippen molar-refractivity contribution in [3.8, 4) is 0 Å². The van der Waals surface area contributed by atoms with Crippen molar-refractivity contribution in [1.82, 2.24) is 5.32 Å². The van der Waals surface area contributed by atoms with Gasteiger partial charge in [0.1, 0.15) is 6.04 Å².